The van der Waals surface area contributed by atoms with Crippen LogP contribution in [0.3, 0.4) is 0 Å². The molecule has 3 rings (SSSR count). The number of likely N-dealkylation sites (N-methyl/N-ethyl adjacent to an activating group) is 1. The van der Waals surface area contributed by atoms with Crippen molar-refractivity contribution in [3.63, 3.8) is 0 Å². The van der Waals surface area contributed by atoms with Crippen LogP contribution in [0.2, 0.25) is 0 Å². The summed E-state index contributed by atoms with van der Waals surface area (Å²) >= 11 is 0. The summed E-state index contributed by atoms with van der Waals surface area (Å²) in [7, 11) is 2.00. The lowest BCUT2D eigenvalue weighted by Crippen LogP contribution is -2.41. The van der Waals surface area contributed by atoms with Crippen LogP contribution in [0.25, 0.3) is 11.0 Å². The number of aromatic nitrogens is 3. The second-order valence-electron chi connectivity index (χ2n) is 5.44. The van der Waals surface area contributed by atoms with E-state index in [2.05, 4.69) is 19.9 Å². The van der Waals surface area contributed by atoms with Gasteiger partial charge in [-0.3, -0.25) is 4.98 Å². The number of aliphatic hydroxyl groups is 1. The zero-order valence-corrected chi connectivity index (χ0v) is 11.7. The molecule has 2 atom stereocenters. The van der Waals surface area contributed by atoms with E-state index in [-0.39, 0.29) is 12.1 Å². The summed E-state index contributed by atoms with van der Waals surface area (Å²) < 4.78 is 0. The van der Waals surface area contributed by atoms with E-state index in [0.29, 0.717) is 0 Å². The number of aliphatic hydroxyl groups excluding tert-OH is 1. The Labute approximate surface area is 118 Å². The highest BCUT2D eigenvalue weighted by molar-refractivity contribution is 5.85. The largest absolute Gasteiger partial charge is 0.391 e. The molecule has 106 valence electrons. The van der Waals surface area contributed by atoms with Crippen molar-refractivity contribution >= 4 is 16.9 Å². The van der Waals surface area contributed by atoms with E-state index in [0.717, 1.165) is 42.5 Å². The molecule has 2 aromatic rings. The van der Waals surface area contributed by atoms with E-state index in [4.69, 9.17) is 0 Å². The van der Waals surface area contributed by atoms with E-state index in [1.807, 2.05) is 13.1 Å². The lowest BCUT2D eigenvalue weighted by Gasteiger charge is -2.31. The first-order valence-electron chi connectivity index (χ1n) is 7.24. The Bertz CT molecular complexity index is 584. The predicted molar refractivity (Wildman–Crippen MR) is 78.6 cm³/mol. The van der Waals surface area contributed by atoms with Crippen molar-refractivity contribution in [3.05, 3.63) is 24.7 Å². The summed E-state index contributed by atoms with van der Waals surface area (Å²) in [5.74, 6) is 0.807. The number of rotatable bonds is 2. The normalized spacial score (nSPS) is 23.5. The summed E-state index contributed by atoms with van der Waals surface area (Å²) in [6, 6.07) is 1.97. The second kappa shape index (κ2) is 5.71. The molecule has 2 heterocycles. The first-order valence-corrected chi connectivity index (χ1v) is 7.24. The topological polar surface area (TPSA) is 62.1 Å². The van der Waals surface area contributed by atoms with Gasteiger partial charge in [0.1, 0.15) is 5.52 Å². The molecule has 0 bridgehead atoms. The number of nitrogens with zero attached hydrogens (tertiary/aromatic N) is 4. The van der Waals surface area contributed by atoms with E-state index in [1.54, 1.807) is 18.6 Å². The molecule has 1 aliphatic rings. The van der Waals surface area contributed by atoms with Crippen molar-refractivity contribution in [2.75, 3.05) is 11.9 Å². The van der Waals surface area contributed by atoms with Crippen LogP contribution in [0.15, 0.2) is 24.7 Å². The van der Waals surface area contributed by atoms with Crippen LogP contribution in [-0.4, -0.2) is 39.3 Å². The molecule has 0 saturated heterocycles. The summed E-state index contributed by atoms with van der Waals surface area (Å²) in [5.41, 5.74) is 1.64. The Morgan fingerprint density at radius 3 is 2.75 bits per heavy atom. The Morgan fingerprint density at radius 1 is 1.05 bits per heavy atom. The Morgan fingerprint density at radius 2 is 1.85 bits per heavy atom. The molecular weight excluding hydrogens is 252 g/mol. The minimum absolute atomic E-state index is 0.109. The number of hydrogen-bond acceptors (Lipinski definition) is 5. The average molecular weight is 272 g/mol. The van der Waals surface area contributed by atoms with Gasteiger partial charge in [0.05, 0.1) is 17.7 Å². The quantitative estimate of drug-likeness (QED) is 0.849. The van der Waals surface area contributed by atoms with Gasteiger partial charge in [-0.05, 0) is 18.9 Å². The standard InChI is InChI=1S/C15H20N4O/c1-19(12-5-3-2-4-6-13(12)20)15-14-11(7-8-18-15)16-9-10-17-14/h7-10,12-13,20H,2-6H2,1H3/t12-,13-/m1/s1. The van der Waals surface area contributed by atoms with Crippen molar-refractivity contribution in [1.29, 1.82) is 0 Å². The third kappa shape index (κ3) is 2.45. The first kappa shape index (κ1) is 13.2. The molecule has 1 N–H and O–H groups in total. The molecule has 5 nitrogen and oxygen atoms in total. The molecule has 1 fully saturated rings. The minimum Gasteiger partial charge on any atom is -0.391 e. The van der Waals surface area contributed by atoms with E-state index in [1.165, 1.54) is 6.42 Å². The number of fused-ring (bicyclic) bond motifs is 1. The van der Waals surface area contributed by atoms with Gasteiger partial charge >= 0.3 is 0 Å². The van der Waals surface area contributed by atoms with Gasteiger partial charge < -0.3 is 10.0 Å². The molecular formula is C15H20N4O. The Kier molecular flexibility index (Phi) is 3.78. The molecule has 0 aromatic carbocycles. The van der Waals surface area contributed by atoms with Crippen molar-refractivity contribution in [3.8, 4) is 0 Å². The molecule has 0 amide bonds. The number of hydrogen-bond donors (Lipinski definition) is 1. The zero-order chi connectivity index (χ0) is 13.9. The van der Waals surface area contributed by atoms with E-state index in [9.17, 15) is 5.11 Å². The van der Waals surface area contributed by atoms with Crippen LogP contribution in [0.4, 0.5) is 5.82 Å². The van der Waals surface area contributed by atoms with Crippen LogP contribution in [0.5, 0.6) is 0 Å². The fourth-order valence-electron chi connectivity index (χ4n) is 3.02. The lowest BCUT2D eigenvalue weighted by atomic mass is 10.0. The molecule has 5 heteroatoms. The van der Waals surface area contributed by atoms with Gasteiger partial charge in [0, 0.05) is 25.6 Å². The van der Waals surface area contributed by atoms with Gasteiger partial charge in [0.15, 0.2) is 5.82 Å². The molecule has 0 spiro atoms. The third-order valence-corrected chi connectivity index (χ3v) is 4.14. The summed E-state index contributed by atoms with van der Waals surface area (Å²) in [6.07, 6.45) is 10.2. The summed E-state index contributed by atoms with van der Waals surface area (Å²) in [6.45, 7) is 0. The molecule has 2 aromatic heterocycles. The van der Waals surface area contributed by atoms with Gasteiger partial charge in [0.2, 0.25) is 0 Å². The van der Waals surface area contributed by atoms with Crippen molar-refractivity contribution < 1.29 is 5.11 Å². The van der Waals surface area contributed by atoms with Crippen molar-refractivity contribution in [2.24, 2.45) is 0 Å². The molecule has 20 heavy (non-hydrogen) atoms. The Hall–Kier alpha value is -1.75. The Balaban J connectivity index is 1.97. The SMILES string of the molecule is CN(c1nccc2nccnc12)[C@@H]1CCCCC[C@H]1O. The smallest absolute Gasteiger partial charge is 0.156 e. The highest BCUT2D eigenvalue weighted by atomic mass is 16.3. The van der Waals surface area contributed by atoms with Gasteiger partial charge in [-0.15, -0.1) is 0 Å². The maximum absolute atomic E-state index is 10.3. The zero-order valence-electron chi connectivity index (χ0n) is 11.7. The van der Waals surface area contributed by atoms with Crippen LogP contribution >= 0.6 is 0 Å². The second-order valence-corrected chi connectivity index (χ2v) is 5.44. The minimum atomic E-state index is -0.295. The maximum atomic E-state index is 10.3. The van der Waals surface area contributed by atoms with Crippen LogP contribution in [0.1, 0.15) is 32.1 Å². The molecule has 1 saturated carbocycles. The molecule has 0 unspecified atom stereocenters. The first-order chi connectivity index (χ1) is 9.77. The fraction of sp³-hybridized carbons (Fsp3) is 0.533. The highest BCUT2D eigenvalue weighted by Gasteiger charge is 2.27. The average Bonchev–Trinajstić information content (AvgIpc) is 2.70. The van der Waals surface area contributed by atoms with Crippen LogP contribution in [0, 0.1) is 0 Å². The molecule has 0 radical (unpaired) electrons. The number of anilines is 1. The summed E-state index contributed by atoms with van der Waals surface area (Å²) in [5, 5.41) is 10.3. The van der Waals surface area contributed by atoms with Crippen molar-refractivity contribution in [2.45, 2.75) is 44.2 Å². The van der Waals surface area contributed by atoms with Crippen LogP contribution < -0.4 is 4.90 Å². The maximum Gasteiger partial charge on any atom is 0.156 e. The van der Waals surface area contributed by atoms with Gasteiger partial charge in [-0.2, -0.15) is 0 Å². The molecule has 1 aliphatic carbocycles. The number of pyridine rings is 1. The van der Waals surface area contributed by atoms with Crippen molar-refractivity contribution in [1.82, 2.24) is 15.0 Å². The summed E-state index contributed by atoms with van der Waals surface area (Å²) in [4.78, 5) is 15.2. The fourth-order valence-corrected chi connectivity index (χ4v) is 3.02. The van der Waals surface area contributed by atoms with E-state index >= 15 is 0 Å². The van der Waals surface area contributed by atoms with Gasteiger partial charge in [-0.1, -0.05) is 19.3 Å². The van der Waals surface area contributed by atoms with Gasteiger partial charge in [-0.25, -0.2) is 9.97 Å². The highest BCUT2D eigenvalue weighted by Crippen LogP contribution is 2.27. The monoisotopic (exact) mass is 272 g/mol. The van der Waals surface area contributed by atoms with E-state index < -0.39 is 0 Å². The molecule has 0 aliphatic heterocycles. The predicted octanol–water partition coefficient (Wildman–Crippen LogP) is 2.15. The lowest BCUT2D eigenvalue weighted by molar-refractivity contribution is 0.134. The van der Waals surface area contributed by atoms with Gasteiger partial charge in [0.25, 0.3) is 0 Å². The third-order valence-electron chi connectivity index (χ3n) is 4.14. The van der Waals surface area contributed by atoms with Crippen LogP contribution in [-0.2, 0) is 0 Å².